The zero-order valence-corrected chi connectivity index (χ0v) is 11.0. The van der Waals surface area contributed by atoms with Crippen LogP contribution in [0.4, 0.5) is 10.1 Å². The third kappa shape index (κ3) is 3.82. The normalized spacial score (nSPS) is 12.2. The van der Waals surface area contributed by atoms with Gasteiger partial charge in [-0.3, -0.25) is 0 Å². The number of hydrogen-bond donors (Lipinski definition) is 1. The largest absolute Gasteiger partial charge is 0.383 e. The van der Waals surface area contributed by atoms with Gasteiger partial charge < -0.3 is 15.4 Å². The zero-order chi connectivity index (χ0) is 13.5. The summed E-state index contributed by atoms with van der Waals surface area (Å²) >= 11 is 0. The van der Waals surface area contributed by atoms with Crippen LogP contribution in [0.1, 0.15) is 18.5 Å². The Kier molecular flexibility index (Phi) is 5.82. The molecule has 18 heavy (non-hydrogen) atoms. The summed E-state index contributed by atoms with van der Waals surface area (Å²) in [5.41, 5.74) is 7.08. The van der Waals surface area contributed by atoms with Crippen molar-refractivity contribution < 1.29 is 9.13 Å². The van der Waals surface area contributed by atoms with Crippen molar-refractivity contribution in [3.63, 3.8) is 0 Å². The van der Waals surface area contributed by atoms with E-state index in [1.54, 1.807) is 19.3 Å². The summed E-state index contributed by atoms with van der Waals surface area (Å²) in [7, 11) is 1.63. The first-order valence-corrected chi connectivity index (χ1v) is 6.00. The number of methoxy groups -OCH3 is 1. The Morgan fingerprint density at radius 3 is 2.78 bits per heavy atom. The minimum Gasteiger partial charge on any atom is -0.383 e. The van der Waals surface area contributed by atoms with Crippen molar-refractivity contribution in [2.75, 3.05) is 31.7 Å². The molecule has 0 amide bonds. The highest BCUT2D eigenvalue weighted by Gasteiger charge is 2.12. The van der Waals surface area contributed by atoms with Gasteiger partial charge in [0.1, 0.15) is 5.82 Å². The minimum absolute atomic E-state index is 0.166. The number of anilines is 1. The van der Waals surface area contributed by atoms with Gasteiger partial charge in [0.2, 0.25) is 0 Å². The molecular formula is C14H21FN2O. The van der Waals surface area contributed by atoms with E-state index >= 15 is 0 Å². The smallest absolute Gasteiger partial charge is 0.146 e. The molecule has 1 unspecified atom stereocenters. The van der Waals surface area contributed by atoms with Crippen LogP contribution < -0.4 is 10.6 Å². The molecule has 0 spiro atoms. The van der Waals surface area contributed by atoms with E-state index in [0.29, 0.717) is 25.4 Å². The number of hydrogen-bond acceptors (Lipinski definition) is 3. The molecule has 3 nitrogen and oxygen atoms in total. The summed E-state index contributed by atoms with van der Waals surface area (Å²) in [6.07, 6.45) is 1.74. The van der Waals surface area contributed by atoms with Gasteiger partial charge >= 0.3 is 0 Å². The van der Waals surface area contributed by atoms with E-state index in [-0.39, 0.29) is 11.9 Å². The Balaban J connectivity index is 2.93. The van der Waals surface area contributed by atoms with Crippen LogP contribution in [0.15, 0.2) is 30.9 Å². The molecule has 0 bridgehead atoms. The standard InChI is InChI=1S/C14H21FN2O/c1-4-7-17(8-9-18-3)14-6-5-12(11(2)16)10-13(14)15/h4-6,10-11H,1,7-9,16H2,2-3H3. The molecule has 0 fully saturated rings. The van der Waals surface area contributed by atoms with Crippen LogP contribution in [-0.4, -0.2) is 26.8 Å². The predicted octanol–water partition coefficient (Wildman–Crippen LogP) is 2.48. The van der Waals surface area contributed by atoms with Gasteiger partial charge in [-0.15, -0.1) is 6.58 Å². The quantitative estimate of drug-likeness (QED) is 0.758. The average Bonchev–Trinajstić information content (AvgIpc) is 2.34. The first-order valence-electron chi connectivity index (χ1n) is 6.00. The summed E-state index contributed by atoms with van der Waals surface area (Å²) in [5.74, 6) is -0.261. The molecule has 0 aliphatic carbocycles. The van der Waals surface area contributed by atoms with Crippen molar-refractivity contribution in [1.82, 2.24) is 0 Å². The summed E-state index contributed by atoms with van der Waals surface area (Å²) in [4.78, 5) is 1.89. The first-order chi connectivity index (χ1) is 8.60. The zero-order valence-electron chi connectivity index (χ0n) is 11.0. The lowest BCUT2D eigenvalue weighted by Crippen LogP contribution is -2.28. The lowest BCUT2D eigenvalue weighted by atomic mass is 10.1. The molecule has 0 saturated heterocycles. The Morgan fingerprint density at radius 2 is 2.28 bits per heavy atom. The third-order valence-corrected chi connectivity index (χ3v) is 2.75. The number of rotatable bonds is 7. The molecule has 0 heterocycles. The summed E-state index contributed by atoms with van der Waals surface area (Å²) in [6.45, 7) is 7.27. The molecule has 0 aliphatic heterocycles. The van der Waals surface area contributed by atoms with E-state index in [0.717, 1.165) is 5.56 Å². The molecule has 2 N–H and O–H groups in total. The average molecular weight is 252 g/mol. The van der Waals surface area contributed by atoms with E-state index < -0.39 is 0 Å². The lowest BCUT2D eigenvalue weighted by Gasteiger charge is -2.24. The van der Waals surface area contributed by atoms with E-state index in [2.05, 4.69) is 6.58 Å². The SMILES string of the molecule is C=CCN(CCOC)c1ccc(C(C)N)cc1F. The van der Waals surface area contributed by atoms with E-state index in [9.17, 15) is 4.39 Å². The highest BCUT2D eigenvalue weighted by atomic mass is 19.1. The van der Waals surface area contributed by atoms with E-state index in [1.165, 1.54) is 6.07 Å². The number of halogens is 1. The first kappa shape index (κ1) is 14.7. The highest BCUT2D eigenvalue weighted by molar-refractivity contribution is 5.50. The van der Waals surface area contributed by atoms with Gasteiger partial charge in [-0.05, 0) is 24.6 Å². The number of ether oxygens (including phenoxy) is 1. The molecule has 100 valence electrons. The molecule has 1 rings (SSSR count). The maximum absolute atomic E-state index is 14.0. The predicted molar refractivity (Wildman–Crippen MR) is 73.3 cm³/mol. The Morgan fingerprint density at radius 1 is 1.56 bits per heavy atom. The second-order valence-electron chi connectivity index (χ2n) is 4.23. The van der Waals surface area contributed by atoms with Crippen LogP contribution in [0.25, 0.3) is 0 Å². The number of nitrogens with zero attached hydrogens (tertiary/aromatic N) is 1. The Bertz CT molecular complexity index is 393. The van der Waals surface area contributed by atoms with E-state index in [4.69, 9.17) is 10.5 Å². The van der Waals surface area contributed by atoms with Gasteiger partial charge in [0.15, 0.2) is 0 Å². The molecule has 4 heteroatoms. The lowest BCUT2D eigenvalue weighted by molar-refractivity contribution is 0.205. The van der Waals surface area contributed by atoms with Crippen LogP contribution in [-0.2, 0) is 4.74 Å². The molecule has 0 radical (unpaired) electrons. The minimum atomic E-state index is -0.261. The fourth-order valence-electron chi connectivity index (χ4n) is 1.73. The van der Waals surface area contributed by atoms with Gasteiger partial charge in [0.05, 0.1) is 12.3 Å². The highest BCUT2D eigenvalue weighted by Crippen LogP contribution is 2.22. The van der Waals surface area contributed by atoms with Crippen LogP contribution in [0.2, 0.25) is 0 Å². The fraction of sp³-hybridized carbons (Fsp3) is 0.429. The second-order valence-corrected chi connectivity index (χ2v) is 4.23. The van der Waals surface area contributed by atoms with Crippen LogP contribution in [0.5, 0.6) is 0 Å². The molecule has 1 aromatic carbocycles. The molecule has 0 aromatic heterocycles. The van der Waals surface area contributed by atoms with Crippen LogP contribution in [0, 0.1) is 5.82 Å². The molecular weight excluding hydrogens is 231 g/mol. The molecule has 0 aliphatic rings. The Labute approximate surface area is 108 Å². The number of benzene rings is 1. The summed E-state index contributed by atoms with van der Waals surface area (Å²) in [6, 6.07) is 4.93. The summed E-state index contributed by atoms with van der Waals surface area (Å²) < 4.78 is 19.1. The van der Waals surface area contributed by atoms with Gasteiger partial charge in [0.25, 0.3) is 0 Å². The maximum atomic E-state index is 14.0. The molecule has 1 atom stereocenters. The monoisotopic (exact) mass is 252 g/mol. The van der Waals surface area contributed by atoms with Crippen molar-refractivity contribution in [2.24, 2.45) is 5.73 Å². The Hall–Kier alpha value is -1.39. The van der Waals surface area contributed by atoms with Crippen LogP contribution >= 0.6 is 0 Å². The fourth-order valence-corrected chi connectivity index (χ4v) is 1.73. The van der Waals surface area contributed by atoms with E-state index in [1.807, 2.05) is 17.9 Å². The van der Waals surface area contributed by atoms with Gasteiger partial charge in [-0.1, -0.05) is 12.1 Å². The van der Waals surface area contributed by atoms with Crippen LogP contribution in [0.3, 0.4) is 0 Å². The third-order valence-electron chi connectivity index (χ3n) is 2.75. The second kappa shape index (κ2) is 7.13. The van der Waals surface area contributed by atoms with Crippen molar-refractivity contribution in [2.45, 2.75) is 13.0 Å². The van der Waals surface area contributed by atoms with Crippen molar-refractivity contribution in [3.8, 4) is 0 Å². The summed E-state index contributed by atoms with van der Waals surface area (Å²) in [5, 5.41) is 0. The van der Waals surface area contributed by atoms with Gasteiger partial charge in [0, 0.05) is 26.2 Å². The number of nitrogens with two attached hydrogens (primary N) is 1. The molecule has 1 aromatic rings. The van der Waals surface area contributed by atoms with Crippen molar-refractivity contribution in [1.29, 1.82) is 0 Å². The molecule has 0 saturated carbocycles. The van der Waals surface area contributed by atoms with Crippen molar-refractivity contribution >= 4 is 5.69 Å². The maximum Gasteiger partial charge on any atom is 0.146 e. The van der Waals surface area contributed by atoms with Gasteiger partial charge in [-0.25, -0.2) is 4.39 Å². The van der Waals surface area contributed by atoms with Gasteiger partial charge in [-0.2, -0.15) is 0 Å². The topological polar surface area (TPSA) is 38.5 Å². The van der Waals surface area contributed by atoms with Crippen molar-refractivity contribution in [3.05, 3.63) is 42.2 Å².